The van der Waals surface area contributed by atoms with E-state index in [1.807, 2.05) is 0 Å². The van der Waals surface area contributed by atoms with Crippen molar-refractivity contribution in [2.45, 2.75) is 0 Å². The van der Waals surface area contributed by atoms with Gasteiger partial charge in [-0.1, -0.05) is 0 Å². The van der Waals surface area contributed by atoms with Gasteiger partial charge in [0.2, 0.25) is 0 Å². The Bertz CT molecular complexity index is 524. The zero-order chi connectivity index (χ0) is 11.9. The number of fused-ring (bicyclic) bond motifs is 1. The molecule has 0 aliphatic carbocycles. The van der Waals surface area contributed by atoms with Crippen LogP contribution < -0.4 is 5.32 Å². The molecular weight excluding hydrogens is 278 g/mol. The standard InChI is InChI=1S/C10H6BrNO4/c1-16-10(15)4-2-5(11)7-6(3-4)12-9(14)8(7)13/h2-3H,1H3,(H,12,13,14). The van der Waals surface area contributed by atoms with Gasteiger partial charge in [0.25, 0.3) is 11.7 Å². The second kappa shape index (κ2) is 3.71. The van der Waals surface area contributed by atoms with E-state index in [2.05, 4.69) is 26.0 Å². The van der Waals surface area contributed by atoms with E-state index in [0.717, 1.165) is 0 Å². The molecule has 1 aliphatic heterocycles. The molecule has 0 saturated carbocycles. The van der Waals surface area contributed by atoms with Gasteiger partial charge in [0.15, 0.2) is 0 Å². The Morgan fingerprint density at radius 1 is 1.38 bits per heavy atom. The van der Waals surface area contributed by atoms with Crippen LogP contribution in [-0.4, -0.2) is 24.8 Å². The number of hydrogen-bond acceptors (Lipinski definition) is 4. The summed E-state index contributed by atoms with van der Waals surface area (Å²) in [5.41, 5.74) is 0.838. The van der Waals surface area contributed by atoms with Crippen LogP contribution >= 0.6 is 15.9 Å². The number of ketones is 1. The van der Waals surface area contributed by atoms with Crippen molar-refractivity contribution in [3.8, 4) is 0 Å². The predicted octanol–water partition coefficient (Wildman–Crippen LogP) is 1.37. The Kier molecular flexibility index (Phi) is 2.51. The number of esters is 1. The number of amides is 1. The minimum atomic E-state index is -0.697. The van der Waals surface area contributed by atoms with Gasteiger partial charge in [0, 0.05) is 4.47 Å². The number of ether oxygens (including phenoxy) is 1. The van der Waals surface area contributed by atoms with Crippen LogP contribution in [0.25, 0.3) is 0 Å². The third-order valence-corrected chi connectivity index (χ3v) is 2.82. The molecule has 0 fully saturated rings. The number of rotatable bonds is 1. The van der Waals surface area contributed by atoms with E-state index in [1.165, 1.54) is 19.2 Å². The van der Waals surface area contributed by atoms with Crippen LogP contribution in [0.5, 0.6) is 0 Å². The summed E-state index contributed by atoms with van der Waals surface area (Å²) >= 11 is 3.14. The first-order chi connectivity index (χ1) is 7.54. The molecule has 16 heavy (non-hydrogen) atoms. The van der Waals surface area contributed by atoms with Crippen LogP contribution in [0.4, 0.5) is 5.69 Å². The van der Waals surface area contributed by atoms with Gasteiger partial charge in [-0.3, -0.25) is 9.59 Å². The lowest BCUT2D eigenvalue weighted by Gasteiger charge is -2.04. The maximum Gasteiger partial charge on any atom is 0.337 e. The van der Waals surface area contributed by atoms with Gasteiger partial charge in [-0.15, -0.1) is 0 Å². The van der Waals surface area contributed by atoms with E-state index in [9.17, 15) is 14.4 Å². The lowest BCUT2D eigenvalue weighted by Crippen LogP contribution is -2.12. The summed E-state index contributed by atoms with van der Waals surface area (Å²) in [6.45, 7) is 0. The smallest absolute Gasteiger partial charge is 0.337 e. The van der Waals surface area contributed by atoms with Crippen molar-refractivity contribution >= 4 is 39.3 Å². The Morgan fingerprint density at radius 3 is 2.69 bits per heavy atom. The fourth-order valence-electron chi connectivity index (χ4n) is 1.46. The molecule has 1 amide bonds. The highest BCUT2D eigenvalue weighted by Crippen LogP contribution is 2.31. The molecule has 0 aromatic heterocycles. The van der Waals surface area contributed by atoms with E-state index in [0.29, 0.717) is 10.2 Å². The monoisotopic (exact) mass is 283 g/mol. The molecule has 0 bridgehead atoms. The van der Waals surface area contributed by atoms with Gasteiger partial charge < -0.3 is 10.1 Å². The van der Waals surface area contributed by atoms with Gasteiger partial charge in [-0.05, 0) is 28.1 Å². The number of Topliss-reactive ketones (excluding diaryl/α,β-unsaturated/α-hetero) is 1. The second-order valence-electron chi connectivity index (χ2n) is 3.16. The molecule has 5 nitrogen and oxygen atoms in total. The molecule has 0 unspecified atom stereocenters. The van der Waals surface area contributed by atoms with Crippen LogP contribution in [0.15, 0.2) is 16.6 Å². The van der Waals surface area contributed by atoms with Crippen molar-refractivity contribution in [2.75, 3.05) is 12.4 Å². The lowest BCUT2D eigenvalue weighted by molar-refractivity contribution is -0.112. The van der Waals surface area contributed by atoms with Gasteiger partial charge in [-0.25, -0.2) is 4.79 Å². The zero-order valence-corrected chi connectivity index (χ0v) is 9.75. The number of methoxy groups -OCH3 is 1. The lowest BCUT2D eigenvalue weighted by atomic mass is 10.1. The summed E-state index contributed by atoms with van der Waals surface area (Å²) in [7, 11) is 1.26. The van der Waals surface area contributed by atoms with E-state index >= 15 is 0 Å². The summed E-state index contributed by atoms with van der Waals surface area (Å²) in [6.07, 6.45) is 0. The highest BCUT2D eigenvalue weighted by molar-refractivity contribution is 9.10. The Balaban J connectivity index is 2.58. The number of halogens is 1. The van der Waals surface area contributed by atoms with Crippen LogP contribution in [-0.2, 0) is 9.53 Å². The predicted molar refractivity (Wildman–Crippen MR) is 58.4 cm³/mol. The molecule has 0 spiro atoms. The molecule has 0 radical (unpaired) electrons. The van der Waals surface area contributed by atoms with Crippen LogP contribution in [0.3, 0.4) is 0 Å². The van der Waals surface area contributed by atoms with Gasteiger partial charge >= 0.3 is 5.97 Å². The molecule has 1 aliphatic rings. The van der Waals surface area contributed by atoms with Crippen molar-refractivity contribution in [3.05, 3.63) is 27.7 Å². The average Bonchev–Trinajstić information content (AvgIpc) is 2.54. The second-order valence-corrected chi connectivity index (χ2v) is 4.01. The van der Waals surface area contributed by atoms with E-state index < -0.39 is 17.7 Å². The number of anilines is 1. The number of benzene rings is 1. The van der Waals surface area contributed by atoms with Gasteiger partial charge in [0.05, 0.1) is 23.9 Å². The molecule has 1 heterocycles. The third kappa shape index (κ3) is 1.51. The first-order valence-electron chi connectivity index (χ1n) is 4.32. The summed E-state index contributed by atoms with van der Waals surface area (Å²) < 4.78 is 4.94. The molecule has 1 N–H and O–H groups in total. The highest BCUT2D eigenvalue weighted by atomic mass is 79.9. The maximum absolute atomic E-state index is 11.4. The summed E-state index contributed by atoms with van der Waals surface area (Å²) in [5, 5.41) is 2.38. The molecule has 82 valence electrons. The molecule has 1 aromatic rings. The summed E-state index contributed by atoms with van der Waals surface area (Å²) in [4.78, 5) is 33.8. The zero-order valence-electron chi connectivity index (χ0n) is 8.17. The van der Waals surface area contributed by atoms with Gasteiger partial charge in [-0.2, -0.15) is 0 Å². The molecule has 0 saturated heterocycles. The van der Waals surface area contributed by atoms with Crippen molar-refractivity contribution in [1.29, 1.82) is 0 Å². The topological polar surface area (TPSA) is 72.5 Å². The van der Waals surface area contributed by atoms with Crippen LogP contribution in [0.1, 0.15) is 20.7 Å². The number of carbonyl (C=O) groups is 3. The van der Waals surface area contributed by atoms with Crippen molar-refractivity contribution in [2.24, 2.45) is 0 Å². The molecule has 2 rings (SSSR count). The van der Waals surface area contributed by atoms with Crippen LogP contribution in [0.2, 0.25) is 0 Å². The Morgan fingerprint density at radius 2 is 2.06 bits per heavy atom. The van der Waals surface area contributed by atoms with Crippen molar-refractivity contribution in [1.82, 2.24) is 0 Å². The molecular formula is C10H6BrNO4. The first kappa shape index (κ1) is 10.8. The van der Waals surface area contributed by atoms with E-state index in [4.69, 9.17) is 0 Å². The molecule has 1 aromatic carbocycles. The minimum Gasteiger partial charge on any atom is -0.465 e. The van der Waals surface area contributed by atoms with Crippen molar-refractivity contribution in [3.63, 3.8) is 0 Å². The summed E-state index contributed by atoms with van der Waals surface area (Å²) in [6, 6.07) is 2.86. The SMILES string of the molecule is COC(=O)c1cc(Br)c2c(c1)NC(=O)C2=O. The first-order valence-corrected chi connectivity index (χ1v) is 5.11. The highest BCUT2D eigenvalue weighted by Gasteiger charge is 2.31. The molecule has 0 atom stereocenters. The van der Waals surface area contributed by atoms with E-state index in [1.54, 1.807) is 0 Å². The Hall–Kier alpha value is -1.69. The normalized spacial score (nSPS) is 13.4. The number of nitrogens with one attached hydrogen (secondary N) is 1. The van der Waals surface area contributed by atoms with Crippen LogP contribution in [0, 0.1) is 0 Å². The fourth-order valence-corrected chi connectivity index (χ4v) is 2.10. The Labute approximate surface area is 98.9 Å². The number of carbonyl (C=O) groups excluding carboxylic acids is 3. The molecule has 6 heteroatoms. The largest absolute Gasteiger partial charge is 0.465 e. The quantitative estimate of drug-likeness (QED) is 0.624. The van der Waals surface area contributed by atoms with Crippen molar-refractivity contribution < 1.29 is 19.1 Å². The van der Waals surface area contributed by atoms with E-state index in [-0.39, 0.29) is 11.1 Å². The summed E-state index contributed by atoms with van der Waals surface area (Å²) in [5.74, 6) is -1.84. The minimum absolute atomic E-state index is 0.248. The third-order valence-electron chi connectivity index (χ3n) is 2.19. The fraction of sp³-hybridized carbons (Fsp3) is 0.100. The number of hydrogen-bond donors (Lipinski definition) is 1. The maximum atomic E-state index is 11.4. The van der Waals surface area contributed by atoms with Gasteiger partial charge in [0.1, 0.15) is 0 Å². The average molecular weight is 284 g/mol.